The second-order valence-corrected chi connectivity index (χ2v) is 7.33. The molecular formula is C18H29N3O3. The van der Waals surface area contributed by atoms with Gasteiger partial charge in [-0.1, -0.05) is 27.2 Å². The van der Waals surface area contributed by atoms with Gasteiger partial charge in [0.25, 0.3) is 11.5 Å². The zero-order chi connectivity index (χ0) is 18.1. The summed E-state index contributed by atoms with van der Waals surface area (Å²) in [5.41, 5.74) is 0.757. The van der Waals surface area contributed by atoms with Gasteiger partial charge in [-0.15, -0.1) is 0 Å². The SMILES string of the molecule is CCCCO[C@H]1C[C@H](N(C)C(=O)c2nc(C)c(C)[nH]c2=O)C1(C)C. The number of unbranched alkanes of at least 4 members (excludes halogenated alkanes) is 1. The Labute approximate surface area is 143 Å². The van der Waals surface area contributed by atoms with E-state index in [1.165, 1.54) is 0 Å². The van der Waals surface area contributed by atoms with Crippen molar-refractivity contribution in [2.75, 3.05) is 13.7 Å². The van der Waals surface area contributed by atoms with E-state index in [0.29, 0.717) is 11.4 Å². The smallest absolute Gasteiger partial charge is 0.279 e. The number of amides is 1. The van der Waals surface area contributed by atoms with Crippen molar-refractivity contribution in [3.05, 3.63) is 27.4 Å². The van der Waals surface area contributed by atoms with Gasteiger partial charge in [0, 0.05) is 30.8 Å². The van der Waals surface area contributed by atoms with Gasteiger partial charge >= 0.3 is 0 Å². The van der Waals surface area contributed by atoms with Crippen molar-refractivity contribution >= 4 is 5.91 Å². The molecule has 6 heteroatoms. The third kappa shape index (κ3) is 3.38. The summed E-state index contributed by atoms with van der Waals surface area (Å²) in [4.78, 5) is 33.3. The highest BCUT2D eigenvalue weighted by molar-refractivity contribution is 5.92. The number of hydrogen-bond acceptors (Lipinski definition) is 4. The van der Waals surface area contributed by atoms with Crippen molar-refractivity contribution in [1.82, 2.24) is 14.9 Å². The Morgan fingerprint density at radius 2 is 2.08 bits per heavy atom. The zero-order valence-electron chi connectivity index (χ0n) is 15.6. The Bertz CT molecular complexity index is 666. The van der Waals surface area contributed by atoms with Crippen molar-refractivity contribution in [3.63, 3.8) is 0 Å². The molecule has 0 aliphatic heterocycles. The predicted octanol–water partition coefficient (Wildman–Crippen LogP) is 2.44. The maximum atomic E-state index is 12.7. The third-order valence-corrected chi connectivity index (χ3v) is 5.27. The molecule has 0 saturated heterocycles. The van der Waals surface area contributed by atoms with Crippen LogP contribution in [0.25, 0.3) is 0 Å². The summed E-state index contributed by atoms with van der Waals surface area (Å²) in [6.45, 7) is 10.7. The van der Waals surface area contributed by atoms with Crippen LogP contribution in [0.15, 0.2) is 4.79 Å². The van der Waals surface area contributed by atoms with Crippen LogP contribution < -0.4 is 5.56 Å². The number of aromatic amines is 1. The normalized spacial score (nSPS) is 22.1. The van der Waals surface area contributed by atoms with Crippen molar-refractivity contribution in [2.24, 2.45) is 5.41 Å². The monoisotopic (exact) mass is 335 g/mol. The lowest BCUT2D eigenvalue weighted by molar-refractivity contribution is -0.140. The Kier molecular flexibility index (Phi) is 5.48. The molecule has 1 aromatic heterocycles. The maximum Gasteiger partial charge on any atom is 0.279 e. The van der Waals surface area contributed by atoms with Crippen LogP contribution in [0.2, 0.25) is 0 Å². The van der Waals surface area contributed by atoms with E-state index in [1.807, 2.05) is 0 Å². The number of aryl methyl sites for hydroxylation is 2. The quantitative estimate of drug-likeness (QED) is 0.810. The van der Waals surface area contributed by atoms with Crippen LogP contribution in [0.4, 0.5) is 0 Å². The van der Waals surface area contributed by atoms with Crippen molar-refractivity contribution < 1.29 is 9.53 Å². The molecule has 6 nitrogen and oxygen atoms in total. The molecule has 1 saturated carbocycles. The topological polar surface area (TPSA) is 75.3 Å². The van der Waals surface area contributed by atoms with E-state index in [9.17, 15) is 9.59 Å². The van der Waals surface area contributed by atoms with Gasteiger partial charge in [-0.25, -0.2) is 4.98 Å². The molecule has 1 amide bonds. The van der Waals surface area contributed by atoms with Gasteiger partial charge in [-0.3, -0.25) is 9.59 Å². The summed E-state index contributed by atoms with van der Waals surface area (Å²) >= 11 is 0. The summed E-state index contributed by atoms with van der Waals surface area (Å²) < 4.78 is 5.94. The number of carbonyl (C=O) groups is 1. The molecule has 1 aromatic rings. The molecular weight excluding hydrogens is 306 g/mol. The van der Waals surface area contributed by atoms with Gasteiger partial charge < -0.3 is 14.6 Å². The van der Waals surface area contributed by atoms with Crippen LogP contribution in [0.1, 0.15) is 61.9 Å². The second-order valence-electron chi connectivity index (χ2n) is 7.33. The minimum atomic E-state index is -0.428. The van der Waals surface area contributed by atoms with Crippen LogP contribution in [0.3, 0.4) is 0 Å². The number of H-pyrrole nitrogens is 1. The highest BCUT2D eigenvalue weighted by atomic mass is 16.5. The number of aromatic nitrogens is 2. The van der Waals surface area contributed by atoms with E-state index in [-0.39, 0.29) is 29.2 Å². The standard InChI is InChI=1S/C18H29N3O3/c1-7-8-9-24-14-10-13(18(14,4)5)21(6)17(23)15-16(22)20-12(3)11(2)19-15/h13-14H,7-10H2,1-6H3,(H,20,22)/t13-,14-/m0/s1. The molecule has 1 aliphatic carbocycles. The molecule has 0 radical (unpaired) electrons. The Balaban J connectivity index is 2.10. The van der Waals surface area contributed by atoms with Crippen molar-refractivity contribution in [3.8, 4) is 0 Å². The van der Waals surface area contributed by atoms with Crippen molar-refractivity contribution in [2.45, 2.75) is 66.0 Å². The lowest BCUT2D eigenvalue weighted by Gasteiger charge is -2.54. The molecule has 24 heavy (non-hydrogen) atoms. The number of ether oxygens (including phenoxy) is 1. The molecule has 2 rings (SSSR count). The minimum absolute atomic E-state index is 0.0354. The molecule has 0 spiro atoms. The Morgan fingerprint density at radius 3 is 2.67 bits per heavy atom. The molecule has 1 fully saturated rings. The lowest BCUT2D eigenvalue weighted by atomic mass is 9.63. The summed E-state index contributed by atoms with van der Waals surface area (Å²) in [6, 6.07) is 0.0411. The summed E-state index contributed by atoms with van der Waals surface area (Å²) in [7, 11) is 1.74. The highest BCUT2D eigenvalue weighted by Gasteiger charge is 2.52. The number of hydrogen-bond donors (Lipinski definition) is 1. The van der Waals surface area contributed by atoms with E-state index in [0.717, 1.165) is 25.9 Å². The maximum absolute atomic E-state index is 12.7. The van der Waals surface area contributed by atoms with Crippen LogP contribution in [-0.2, 0) is 4.74 Å². The number of nitrogens with zero attached hydrogens (tertiary/aromatic N) is 2. The van der Waals surface area contributed by atoms with E-state index < -0.39 is 5.56 Å². The van der Waals surface area contributed by atoms with Crippen molar-refractivity contribution in [1.29, 1.82) is 0 Å². The van der Waals surface area contributed by atoms with E-state index in [1.54, 1.807) is 25.8 Å². The first-order valence-electron chi connectivity index (χ1n) is 8.66. The highest BCUT2D eigenvalue weighted by Crippen LogP contribution is 2.45. The first kappa shape index (κ1) is 18.6. The molecule has 0 bridgehead atoms. The molecule has 0 aromatic carbocycles. The molecule has 134 valence electrons. The fourth-order valence-corrected chi connectivity index (χ4v) is 3.25. The van der Waals surface area contributed by atoms with E-state index in [2.05, 4.69) is 30.7 Å². The molecule has 1 N–H and O–H groups in total. The third-order valence-electron chi connectivity index (χ3n) is 5.27. The largest absolute Gasteiger partial charge is 0.378 e. The Hall–Kier alpha value is -1.69. The predicted molar refractivity (Wildman–Crippen MR) is 93.3 cm³/mol. The number of carbonyl (C=O) groups excluding carboxylic acids is 1. The van der Waals surface area contributed by atoms with Gasteiger partial charge in [0.1, 0.15) is 0 Å². The van der Waals surface area contributed by atoms with Crippen LogP contribution >= 0.6 is 0 Å². The molecule has 1 aliphatic rings. The van der Waals surface area contributed by atoms with Crippen LogP contribution in [0, 0.1) is 19.3 Å². The van der Waals surface area contributed by atoms with Gasteiger partial charge in [0.15, 0.2) is 5.69 Å². The fraction of sp³-hybridized carbons (Fsp3) is 0.722. The zero-order valence-corrected chi connectivity index (χ0v) is 15.6. The van der Waals surface area contributed by atoms with Crippen LogP contribution in [-0.4, -0.2) is 46.6 Å². The van der Waals surface area contributed by atoms with Gasteiger partial charge in [0.2, 0.25) is 0 Å². The van der Waals surface area contributed by atoms with Gasteiger partial charge in [0.05, 0.1) is 11.8 Å². The lowest BCUT2D eigenvalue weighted by Crippen LogP contribution is -2.62. The molecule has 2 atom stereocenters. The average Bonchev–Trinajstić information content (AvgIpc) is 2.52. The van der Waals surface area contributed by atoms with E-state index in [4.69, 9.17) is 4.74 Å². The second kappa shape index (κ2) is 7.05. The average molecular weight is 335 g/mol. The Morgan fingerprint density at radius 1 is 1.42 bits per heavy atom. The first-order valence-corrected chi connectivity index (χ1v) is 8.66. The van der Waals surface area contributed by atoms with Gasteiger partial charge in [-0.05, 0) is 26.7 Å². The molecule has 0 unspecified atom stereocenters. The first-order chi connectivity index (χ1) is 11.2. The molecule has 1 heterocycles. The van der Waals surface area contributed by atoms with E-state index >= 15 is 0 Å². The van der Waals surface area contributed by atoms with Crippen LogP contribution in [0.5, 0.6) is 0 Å². The number of rotatable bonds is 6. The summed E-state index contributed by atoms with van der Waals surface area (Å²) in [5, 5.41) is 0. The van der Waals surface area contributed by atoms with Gasteiger partial charge in [-0.2, -0.15) is 0 Å². The fourth-order valence-electron chi connectivity index (χ4n) is 3.25. The summed E-state index contributed by atoms with van der Waals surface area (Å²) in [5.74, 6) is -0.329. The number of nitrogens with one attached hydrogen (secondary N) is 1. The summed E-state index contributed by atoms with van der Waals surface area (Å²) in [6.07, 6.45) is 3.10. The minimum Gasteiger partial charge on any atom is -0.378 e.